The zero-order valence-electron chi connectivity index (χ0n) is 18.4. The lowest BCUT2D eigenvalue weighted by atomic mass is 10.0. The van der Waals surface area contributed by atoms with E-state index in [1.807, 2.05) is 78.2 Å². The zero-order chi connectivity index (χ0) is 23.8. The SMILES string of the molecule is O=C(Nc1nc(-c2cccc3ccccc23)cs1)c1cc(-c2cccc(Br)c2)nc2ccccc12. The molecule has 1 N–H and O–H groups in total. The average molecular weight is 536 g/mol. The van der Waals surface area contributed by atoms with Crippen LogP contribution in [0.15, 0.2) is 107 Å². The molecule has 4 aromatic carbocycles. The number of para-hydroxylation sites is 1. The van der Waals surface area contributed by atoms with Gasteiger partial charge in [-0.3, -0.25) is 10.1 Å². The second-order valence-corrected chi connectivity index (χ2v) is 9.88. The highest BCUT2D eigenvalue weighted by atomic mass is 79.9. The number of nitrogens with one attached hydrogen (secondary N) is 1. The van der Waals surface area contributed by atoms with E-state index < -0.39 is 0 Å². The Morgan fingerprint density at radius 2 is 1.54 bits per heavy atom. The van der Waals surface area contributed by atoms with Gasteiger partial charge in [-0.05, 0) is 35.0 Å². The number of pyridine rings is 1. The fourth-order valence-electron chi connectivity index (χ4n) is 4.23. The first-order chi connectivity index (χ1) is 17.2. The van der Waals surface area contributed by atoms with Crippen molar-refractivity contribution in [1.29, 1.82) is 0 Å². The van der Waals surface area contributed by atoms with Gasteiger partial charge in [0.1, 0.15) is 0 Å². The first kappa shape index (κ1) is 21.6. The van der Waals surface area contributed by atoms with E-state index in [4.69, 9.17) is 9.97 Å². The molecule has 6 heteroatoms. The van der Waals surface area contributed by atoms with E-state index in [1.54, 1.807) is 0 Å². The van der Waals surface area contributed by atoms with Gasteiger partial charge in [0.2, 0.25) is 0 Å². The van der Waals surface area contributed by atoms with Crippen molar-refractivity contribution in [2.45, 2.75) is 0 Å². The fourth-order valence-corrected chi connectivity index (χ4v) is 5.33. The molecule has 0 saturated carbocycles. The summed E-state index contributed by atoms with van der Waals surface area (Å²) >= 11 is 4.94. The number of hydrogen-bond donors (Lipinski definition) is 1. The number of benzene rings is 4. The van der Waals surface area contributed by atoms with Gasteiger partial charge in [0.05, 0.1) is 22.5 Å². The largest absolute Gasteiger partial charge is 0.298 e. The van der Waals surface area contributed by atoms with Crippen LogP contribution in [-0.4, -0.2) is 15.9 Å². The van der Waals surface area contributed by atoms with Crippen LogP contribution in [0, 0.1) is 0 Å². The molecule has 168 valence electrons. The summed E-state index contributed by atoms with van der Waals surface area (Å²) in [4.78, 5) is 23.0. The molecule has 1 amide bonds. The van der Waals surface area contributed by atoms with Crippen LogP contribution >= 0.6 is 27.3 Å². The lowest BCUT2D eigenvalue weighted by Crippen LogP contribution is -2.13. The Hall–Kier alpha value is -3.87. The van der Waals surface area contributed by atoms with Crippen molar-refractivity contribution in [1.82, 2.24) is 9.97 Å². The number of anilines is 1. The van der Waals surface area contributed by atoms with E-state index in [2.05, 4.69) is 45.5 Å². The minimum atomic E-state index is -0.210. The number of fused-ring (bicyclic) bond motifs is 2. The number of nitrogens with zero attached hydrogens (tertiary/aromatic N) is 2. The maximum Gasteiger partial charge on any atom is 0.258 e. The number of aromatic nitrogens is 2. The Bertz CT molecular complexity index is 1720. The van der Waals surface area contributed by atoms with Crippen molar-refractivity contribution < 1.29 is 4.79 Å². The summed E-state index contributed by atoms with van der Waals surface area (Å²) in [5.41, 5.74) is 4.90. The summed E-state index contributed by atoms with van der Waals surface area (Å²) in [6, 6.07) is 31.9. The Balaban J connectivity index is 1.37. The molecule has 0 aliphatic rings. The van der Waals surface area contributed by atoms with Crippen LogP contribution in [-0.2, 0) is 0 Å². The monoisotopic (exact) mass is 535 g/mol. The van der Waals surface area contributed by atoms with E-state index in [0.717, 1.165) is 48.7 Å². The minimum Gasteiger partial charge on any atom is -0.298 e. The third-order valence-corrected chi connectivity index (χ3v) is 7.12. The van der Waals surface area contributed by atoms with Gasteiger partial charge >= 0.3 is 0 Å². The summed E-state index contributed by atoms with van der Waals surface area (Å²) in [6.45, 7) is 0. The molecule has 0 unspecified atom stereocenters. The number of carbonyl (C=O) groups excluding carboxylic acids is 1. The predicted octanol–water partition coefficient (Wildman–Crippen LogP) is 8.19. The van der Waals surface area contributed by atoms with Crippen LogP contribution in [0.3, 0.4) is 0 Å². The van der Waals surface area contributed by atoms with Crippen LogP contribution in [0.2, 0.25) is 0 Å². The smallest absolute Gasteiger partial charge is 0.258 e. The molecule has 0 aliphatic heterocycles. The molecule has 6 rings (SSSR count). The third kappa shape index (κ3) is 4.22. The molecule has 0 fully saturated rings. The number of rotatable bonds is 4. The summed E-state index contributed by atoms with van der Waals surface area (Å²) < 4.78 is 0.958. The number of thiazole rings is 1. The van der Waals surface area contributed by atoms with Gasteiger partial charge in [0, 0.05) is 26.4 Å². The molecule has 4 nitrogen and oxygen atoms in total. The molecule has 0 bridgehead atoms. The second-order valence-electron chi connectivity index (χ2n) is 8.10. The van der Waals surface area contributed by atoms with Crippen molar-refractivity contribution in [3.8, 4) is 22.5 Å². The maximum absolute atomic E-state index is 13.5. The lowest BCUT2D eigenvalue weighted by Gasteiger charge is -2.10. The molecular weight excluding hydrogens is 518 g/mol. The van der Waals surface area contributed by atoms with E-state index in [1.165, 1.54) is 11.3 Å². The number of amides is 1. The summed E-state index contributed by atoms with van der Waals surface area (Å²) in [7, 11) is 0. The Kier molecular flexibility index (Phi) is 5.60. The van der Waals surface area contributed by atoms with Gasteiger partial charge < -0.3 is 0 Å². The highest BCUT2D eigenvalue weighted by Crippen LogP contribution is 2.32. The molecule has 2 heterocycles. The first-order valence-corrected chi connectivity index (χ1v) is 12.7. The van der Waals surface area contributed by atoms with Gasteiger partial charge in [0.15, 0.2) is 5.13 Å². The highest BCUT2D eigenvalue weighted by Gasteiger charge is 2.16. The molecule has 35 heavy (non-hydrogen) atoms. The summed E-state index contributed by atoms with van der Waals surface area (Å²) in [6.07, 6.45) is 0. The predicted molar refractivity (Wildman–Crippen MR) is 148 cm³/mol. The number of carbonyl (C=O) groups is 1. The van der Waals surface area contributed by atoms with Crippen molar-refractivity contribution >= 4 is 60.0 Å². The molecule has 0 saturated heterocycles. The average Bonchev–Trinajstić information content (AvgIpc) is 3.36. The Labute approximate surface area is 214 Å². The van der Waals surface area contributed by atoms with E-state index in [9.17, 15) is 4.79 Å². The molecule has 0 spiro atoms. The molecule has 6 aromatic rings. The Morgan fingerprint density at radius 1 is 0.771 bits per heavy atom. The van der Waals surface area contributed by atoms with Crippen LogP contribution in [0.5, 0.6) is 0 Å². The van der Waals surface area contributed by atoms with E-state index >= 15 is 0 Å². The van der Waals surface area contributed by atoms with E-state index in [0.29, 0.717) is 10.7 Å². The van der Waals surface area contributed by atoms with Crippen LogP contribution in [0.4, 0.5) is 5.13 Å². The molecular formula is C29H18BrN3OS. The normalized spacial score (nSPS) is 11.1. The topological polar surface area (TPSA) is 54.9 Å². The molecule has 2 aromatic heterocycles. The van der Waals surface area contributed by atoms with Gasteiger partial charge in [-0.15, -0.1) is 11.3 Å². The maximum atomic E-state index is 13.5. The summed E-state index contributed by atoms with van der Waals surface area (Å²) in [5, 5.41) is 8.65. The third-order valence-electron chi connectivity index (χ3n) is 5.87. The van der Waals surface area contributed by atoms with Crippen LogP contribution in [0.25, 0.3) is 44.2 Å². The van der Waals surface area contributed by atoms with Crippen molar-refractivity contribution in [2.24, 2.45) is 0 Å². The molecule has 0 atom stereocenters. The highest BCUT2D eigenvalue weighted by molar-refractivity contribution is 9.10. The van der Waals surface area contributed by atoms with Gasteiger partial charge in [-0.25, -0.2) is 9.97 Å². The standard InChI is InChI=1S/C29H18BrN3OS/c30-20-10-5-9-19(15-20)26-16-24(23-12-3-4-14-25(23)31-26)28(34)33-29-32-27(17-35-29)22-13-6-8-18-7-1-2-11-21(18)22/h1-17H,(H,32,33,34). The second kappa shape index (κ2) is 9.06. The number of halogens is 1. The van der Waals surface area contributed by atoms with Crippen LogP contribution < -0.4 is 5.32 Å². The first-order valence-electron chi connectivity index (χ1n) is 11.1. The van der Waals surface area contributed by atoms with Gasteiger partial charge in [-0.1, -0.05) is 88.7 Å². The fraction of sp³-hybridized carbons (Fsp3) is 0. The van der Waals surface area contributed by atoms with Gasteiger partial charge in [0.25, 0.3) is 5.91 Å². The lowest BCUT2D eigenvalue weighted by molar-refractivity contribution is 0.102. The minimum absolute atomic E-state index is 0.210. The van der Waals surface area contributed by atoms with Crippen molar-refractivity contribution in [3.05, 3.63) is 112 Å². The quantitative estimate of drug-likeness (QED) is 0.247. The Morgan fingerprint density at radius 3 is 2.43 bits per heavy atom. The zero-order valence-corrected chi connectivity index (χ0v) is 20.8. The van der Waals surface area contributed by atoms with Crippen molar-refractivity contribution in [3.63, 3.8) is 0 Å². The number of hydrogen-bond acceptors (Lipinski definition) is 4. The van der Waals surface area contributed by atoms with Crippen molar-refractivity contribution in [2.75, 3.05) is 5.32 Å². The van der Waals surface area contributed by atoms with E-state index in [-0.39, 0.29) is 5.91 Å². The summed E-state index contributed by atoms with van der Waals surface area (Å²) in [5.74, 6) is -0.210. The molecule has 0 radical (unpaired) electrons. The van der Waals surface area contributed by atoms with Gasteiger partial charge in [-0.2, -0.15) is 0 Å². The molecule has 0 aliphatic carbocycles. The van der Waals surface area contributed by atoms with Crippen LogP contribution in [0.1, 0.15) is 10.4 Å².